The number of fused-ring (bicyclic) bond motifs is 1. The van der Waals surface area contributed by atoms with Crippen molar-refractivity contribution in [3.8, 4) is 0 Å². The zero-order valence-corrected chi connectivity index (χ0v) is 18.6. The molecule has 1 saturated heterocycles. The SMILES string of the molecule is Cc1cc(CN2Cc3cccn3CC(CC(=O)N3CCCO3)C2)n(C)n1.O=C(O)C(F)(F)F. The van der Waals surface area contributed by atoms with E-state index < -0.39 is 12.1 Å². The third-order valence-electron chi connectivity index (χ3n) is 5.50. The largest absolute Gasteiger partial charge is 0.490 e. The molecule has 4 heterocycles. The van der Waals surface area contributed by atoms with Crippen LogP contribution in [-0.4, -0.2) is 67.2 Å². The molecule has 1 unspecified atom stereocenters. The van der Waals surface area contributed by atoms with Gasteiger partial charge in [-0.2, -0.15) is 18.3 Å². The summed E-state index contributed by atoms with van der Waals surface area (Å²) in [7, 11) is 1.99. The first kappa shape index (κ1) is 24.8. The molecule has 1 atom stereocenters. The number of carbonyl (C=O) groups is 2. The highest BCUT2D eigenvalue weighted by Crippen LogP contribution is 2.23. The smallest absolute Gasteiger partial charge is 0.475 e. The van der Waals surface area contributed by atoms with Crippen molar-refractivity contribution < 1.29 is 32.7 Å². The number of carboxylic acid groups (broad SMARTS) is 1. The van der Waals surface area contributed by atoms with Crippen molar-refractivity contribution in [2.75, 3.05) is 19.7 Å². The fraction of sp³-hybridized carbons (Fsp3) is 0.571. The molecule has 12 heteroatoms. The lowest BCUT2D eigenvalue weighted by molar-refractivity contribution is -0.192. The van der Waals surface area contributed by atoms with Crippen LogP contribution in [0.25, 0.3) is 0 Å². The van der Waals surface area contributed by atoms with E-state index in [1.807, 2.05) is 18.7 Å². The molecule has 0 aromatic carbocycles. The van der Waals surface area contributed by atoms with Gasteiger partial charge in [0.1, 0.15) is 0 Å². The molecule has 1 fully saturated rings. The van der Waals surface area contributed by atoms with Crippen molar-refractivity contribution in [1.82, 2.24) is 24.3 Å². The predicted molar refractivity (Wildman–Crippen MR) is 111 cm³/mol. The summed E-state index contributed by atoms with van der Waals surface area (Å²) >= 11 is 0. The van der Waals surface area contributed by atoms with Gasteiger partial charge in [-0.15, -0.1) is 0 Å². The molecule has 33 heavy (non-hydrogen) atoms. The van der Waals surface area contributed by atoms with Crippen molar-refractivity contribution in [3.63, 3.8) is 0 Å². The molecule has 2 aromatic heterocycles. The Balaban J connectivity index is 0.000000383. The van der Waals surface area contributed by atoms with E-state index in [1.54, 1.807) is 5.06 Å². The van der Waals surface area contributed by atoms with E-state index in [2.05, 4.69) is 39.0 Å². The quantitative estimate of drug-likeness (QED) is 0.736. The summed E-state index contributed by atoms with van der Waals surface area (Å²) in [6.45, 7) is 6.90. The van der Waals surface area contributed by atoms with E-state index >= 15 is 0 Å². The maximum absolute atomic E-state index is 12.6. The van der Waals surface area contributed by atoms with Gasteiger partial charge in [0.25, 0.3) is 0 Å². The van der Waals surface area contributed by atoms with E-state index in [0.717, 1.165) is 44.8 Å². The van der Waals surface area contributed by atoms with Gasteiger partial charge in [-0.1, -0.05) is 0 Å². The van der Waals surface area contributed by atoms with E-state index in [0.29, 0.717) is 13.0 Å². The van der Waals surface area contributed by atoms with E-state index in [9.17, 15) is 18.0 Å². The number of aromatic nitrogens is 3. The summed E-state index contributed by atoms with van der Waals surface area (Å²) in [6, 6.07) is 6.41. The second-order valence-corrected chi connectivity index (χ2v) is 8.28. The lowest BCUT2D eigenvalue weighted by Crippen LogP contribution is -2.33. The first-order valence-corrected chi connectivity index (χ1v) is 10.6. The highest BCUT2D eigenvalue weighted by molar-refractivity contribution is 5.75. The van der Waals surface area contributed by atoms with Gasteiger partial charge in [0.05, 0.1) is 24.5 Å². The van der Waals surface area contributed by atoms with Gasteiger partial charge in [-0.25, -0.2) is 9.86 Å². The number of aryl methyl sites for hydroxylation is 2. The molecular weight excluding hydrogens is 443 g/mol. The lowest BCUT2D eigenvalue weighted by atomic mass is 10.0. The summed E-state index contributed by atoms with van der Waals surface area (Å²) in [5, 5.41) is 13.1. The maximum atomic E-state index is 12.6. The fourth-order valence-corrected chi connectivity index (χ4v) is 4.05. The highest BCUT2D eigenvalue weighted by atomic mass is 19.4. The summed E-state index contributed by atoms with van der Waals surface area (Å²) in [5.41, 5.74) is 3.55. The summed E-state index contributed by atoms with van der Waals surface area (Å²) in [4.78, 5) is 29.3. The molecule has 4 rings (SSSR count). The summed E-state index contributed by atoms with van der Waals surface area (Å²) < 4.78 is 36.0. The molecule has 182 valence electrons. The van der Waals surface area contributed by atoms with Gasteiger partial charge in [-0.3, -0.25) is 19.2 Å². The van der Waals surface area contributed by atoms with Crippen LogP contribution in [0.1, 0.15) is 29.9 Å². The van der Waals surface area contributed by atoms with Crippen molar-refractivity contribution in [3.05, 3.63) is 41.5 Å². The Morgan fingerprint density at radius 3 is 2.61 bits per heavy atom. The normalized spacial score (nSPS) is 18.9. The number of halogens is 3. The predicted octanol–water partition coefficient (Wildman–Crippen LogP) is 2.35. The first-order valence-electron chi connectivity index (χ1n) is 10.6. The molecule has 2 aliphatic heterocycles. The van der Waals surface area contributed by atoms with Gasteiger partial charge < -0.3 is 9.67 Å². The second-order valence-electron chi connectivity index (χ2n) is 8.28. The Morgan fingerprint density at radius 1 is 1.30 bits per heavy atom. The number of hydrogen-bond acceptors (Lipinski definition) is 5. The minimum atomic E-state index is -5.08. The van der Waals surface area contributed by atoms with Crippen molar-refractivity contribution in [2.45, 2.75) is 45.6 Å². The van der Waals surface area contributed by atoms with Gasteiger partial charge in [0.2, 0.25) is 5.91 Å². The molecule has 2 aromatic rings. The van der Waals surface area contributed by atoms with Crippen LogP contribution < -0.4 is 0 Å². The van der Waals surface area contributed by atoms with Crippen molar-refractivity contribution in [1.29, 1.82) is 0 Å². The van der Waals surface area contributed by atoms with Crippen LogP contribution in [0, 0.1) is 12.8 Å². The molecule has 0 radical (unpaired) electrons. The molecule has 1 N–H and O–H groups in total. The van der Waals surface area contributed by atoms with Crippen molar-refractivity contribution in [2.24, 2.45) is 13.0 Å². The Kier molecular flexibility index (Phi) is 7.80. The lowest BCUT2D eigenvalue weighted by Gasteiger charge is -2.24. The highest BCUT2D eigenvalue weighted by Gasteiger charge is 2.38. The Hall–Kier alpha value is -2.86. The maximum Gasteiger partial charge on any atom is 0.490 e. The van der Waals surface area contributed by atoms with E-state index in [4.69, 9.17) is 14.7 Å². The Morgan fingerprint density at radius 2 is 2.03 bits per heavy atom. The van der Waals surface area contributed by atoms with Crippen LogP contribution in [0.15, 0.2) is 24.4 Å². The van der Waals surface area contributed by atoms with E-state index in [-0.39, 0.29) is 11.8 Å². The Bertz CT molecular complexity index is 966. The minimum absolute atomic E-state index is 0.111. The summed E-state index contributed by atoms with van der Waals surface area (Å²) in [5.74, 6) is -2.37. The van der Waals surface area contributed by atoms with E-state index in [1.165, 1.54) is 11.4 Å². The average Bonchev–Trinajstić information content (AvgIpc) is 3.43. The number of hydrogen-bond donors (Lipinski definition) is 1. The molecule has 9 nitrogen and oxygen atoms in total. The average molecular weight is 471 g/mol. The standard InChI is InChI=1S/C19H27N5O2.C2HF3O2/c1-15-9-18(21(2)20-15)14-22-11-16(10-19(25)24-7-4-8-26-24)12-23-6-3-5-17(23)13-22;3-2(4,5)1(6)7/h3,5-6,9,16H,4,7-8,10-14H2,1-2H3;(H,6,7). The number of alkyl halides is 3. The number of carboxylic acids is 1. The third-order valence-corrected chi connectivity index (χ3v) is 5.50. The molecular formula is C21H28F3N5O4. The van der Waals surface area contributed by atoms with Crippen LogP contribution >= 0.6 is 0 Å². The number of aliphatic carboxylic acids is 1. The monoisotopic (exact) mass is 471 g/mol. The van der Waals surface area contributed by atoms with Crippen LogP contribution in [-0.2, 0) is 41.1 Å². The topological polar surface area (TPSA) is 92.8 Å². The van der Waals surface area contributed by atoms with Gasteiger partial charge in [0.15, 0.2) is 0 Å². The molecule has 0 bridgehead atoms. The van der Waals surface area contributed by atoms with Crippen LogP contribution in [0.3, 0.4) is 0 Å². The minimum Gasteiger partial charge on any atom is -0.475 e. The molecule has 2 aliphatic rings. The Labute approximate surface area is 189 Å². The zero-order chi connectivity index (χ0) is 24.2. The second kappa shape index (κ2) is 10.4. The number of amides is 1. The number of hydroxylamine groups is 2. The first-order chi connectivity index (χ1) is 15.5. The molecule has 0 spiro atoms. The van der Waals surface area contributed by atoms with Crippen LogP contribution in [0.5, 0.6) is 0 Å². The van der Waals surface area contributed by atoms with Crippen molar-refractivity contribution >= 4 is 11.9 Å². The molecule has 1 amide bonds. The molecule has 0 aliphatic carbocycles. The molecule has 0 saturated carbocycles. The third kappa shape index (κ3) is 6.81. The van der Waals surface area contributed by atoms with Gasteiger partial charge in [0, 0.05) is 51.5 Å². The zero-order valence-electron chi connectivity index (χ0n) is 18.6. The fourth-order valence-electron chi connectivity index (χ4n) is 4.05. The number of carbonyl (C=O) groups excluding carboxylic acids is 1. The van der Waals surface area contributed by atoms with Crippen LogP contribution in [0.4, 0.5) is 13.2 Å². The van der Waals surface area contributed by atoms with Gasteiger partial charge in [-0.05, 0) is 37.5 Å². The number of nitrogens with zero attached hydrogens (tertiary/aromatic N) is 5. The summed E-state index contributed by atoms with van der Waals surface area (Å²) in [6.07, 6.45) is -1.50. The number of rotatable bonds is 4. The van der Waals surface area contributed by atoms with Crippen LogP contribution in [0.2, 0.25) is 0 Å². The van der Waals surface area contributed by atoms with Gasteiger partial charge >= 0.3 is 12.1 Å².